The van der Waals surface area contributed by atoms with Crippen LogP contribution in [-0.2, 0) is 0 Å². The molecule has 0 spiro atoms. The van der Waals surface area contributed by atoms with E-state index < -0.39 is 16.0 Å². The summed E-state index contributed by atoms with van der Waals surface area (Å²) in [4.78, 5) is 20.5. The van der Waals surface area contributed by atoms with Crippen molar-refractivity contribution in [3.8, 4) is 6.07 Å². The van der Waals surface area contributed by atoms with Crippen molar-refractivity contribution in [2.24, 2.45) is 10.6 Å². The Morgan fingerprint density at radius 1 is 1.50 bits per heavy atom. The van der Waals surface area contributed by atoms with Crippen molar-refractivity contribution in [2.75, 3.05) is 0 Å². The molecule has 0 fully saturated rings. The fraction of sp³-hybridized carbons (Fsp3) is 0.300. The molecule has 1 rings (SSSR count). The topological polar surface area (TPSA) is 96.4 Å². The summed E-state index contributed by atoms with van der Waals surface area (Å²) in [6.45, 7) is 3.46. The molecule has 0 aromatic rings. The molecule has 82 valence electrons. The molecule has 1 aliphatic carbocycles. The molecule has 6 heteroatoms. The van der Waals surface area contributed by atoms with Gasteiger partial charge in [-0.3, -0.25) is 10.1 Å². The predicted molar refractivity (Wildman–Crippen MR) is 56.4 cm³/mol. The quantitative estimate of drug-likeness (QED) is 0.404. The molecule has 0 aromatic heterocycles. The normalized spacial score (nSPS) is 18.4. The second-order valence-electron chi connectivity index (χ2n) is 3.94. The van der Waals surface area contributed by atoms with E-state index in [2.05, 4.69) is 5.18 Å². The summed E-state index contributed by atoms with van der Waals surface area (Å²) in [6, 6.07) is 1.83. The molecule has 0 unspecified atom stereocenters. The first-order valence-electron chi connectivity index (χ1n) is 4.45. The summed E-state index contributed by atoms with van der Waals surface area (Å²) < 4.78 is 0. The van der Waals surface area contributed by atoms with Gasteiger partial charge in [0.15, 0.2) is 5.70 Å². The van der Waals surface area contributed by atoms with Crippen LogP contribution in [-0.4, -0.2) is 4.92 Å². The number of hydrogen-bond acceptors (Lipinski definition) is 5. The first-order chi connectivity index (χ1) is 7.39. The third-order valence-electron chi connectivity index (χ3n) is 2.02. The minimum atomic E-state index is -0.722. The van der Waals surface area contributed by atoms with Gasteiger partial charge in [-0.05, 0) is 11.3 Å². The highest BCUT2D eigenvalue weighted by molar-refractivity contribution is 5.44. The predicted octanol–water partition coefficient (Wildman–Crippen LogP) is 2.29. The number of nitro groups is 1. The Kier molecular flexibility index (Phi) is 2.99. The smallest absolute Gasteiger partial charge is 0.258 e. The van der Waals surface area contributed by atoms with Crippen molar-refractivity contribution in [3.63, 3.8) is 0 Å². The van der Waals surface area contributed by atoms with E-state index in [1.54, 1.807) is 19.9 Å². The number of nitroso groups, excluding NO2 is 1. The van der Waals surface area contributed by atoms with Crippen LogP contribution in [0.2, 0.25) is 0 Å². The fourth-order valence-electron chi connectivity index (χ4n) is 1.42. The highest BCUT2D eigenvalue weighted by atomic mass is 16.6. The maximum Gasteiger partial charge on any atom is 0.299 e. The lowest BCUT2D eigenvalue weighted by Crippen LogP contribution is -2.05. The average Bonchev–Trinajstić information content (AvgIpc) is 2.33. The molecule has 0 amide bonds. The van der Waals surface area contributed by atoms with Gasteiger partial charge in [0, 0.05) is 11.5 Å². The minimum Gasteiger partial charge on any atom is -0.258 e. The summed E-state index contributed by atoms with van der Waals surface area (Å²) in [5.74, 6) is 0. The van der Waals surface area contributed by atoms with Crippen LogP contribution in [0.5, 0.6) is 0 Å². The van der Waals surface area contributed by atoms with Crippen molar-refractivity contribution < 1.29 is 4.92 Å². The number of nitriles is 1. The van der Waals surface area contributed by atoms with Gasteiger partial charge in [-0.25, -0.2) is 0 Å². The van der Waals surface area contributed by atoms with Crippen molar-refractivity contribution in [2.45, 2.75) is 13.8 Å². The SMILES string of the molecule is CC1(C)C=C(C#N)C=C([N+](=O)[O-])C(N=O)=C1. The van der Waals surface area contributed by atoms with Gasteiger partial charge in [0.05, 0.1) is 16.6 Å². The molecular weight excluding hydrogens is 210 g/mol. The molecule has 0 bridgehead atoms. The molecule has 0 radical (unpaired) electrons. The maximum atomic E-state index is 10.7. The van der Waals surface area contributed by atoms with Crippen LogP contribution < -0.4 is 0 Å². The molecule has 0 heterocycles. The van der Waals surface area contributed by atoms with Crippen LogP contribution in [0.25, 0.3) is 0 Å². The van der Waals surface area contributed by atoms with E-state index in [9.17, 15) is 15.0 Å². The van der Waals surface area contributed by atoms with E-state index in [0.29, 0.717) is 0 Å². The van der Waals surface area contributed by atoms with Gasteiger partial charge in [-0.15, -0.1) is 4.91 Å². The lowest BCUT2D eigenvalue weighted by Gasteiger charge is -2.13. The van der Waals surface area contributed by atoms with E-state index in [1.165, 1.54) is 6.08 Å². The zero-order valence-corrected chi connectivity index (χ0v) is 8.80. The van der Waals surface area contributed by atoms with Crippen molar-refractivity contribution >= 4 is 0 Å². The maximum absolute atomic E-state index is 10.7. The summed E-state index contributed by atoms with van der Waals surface area (Å²) >= 11 is 0. The number of hydrogen-bond donors (Lipinski definition) is 0. The summed E-state index contributed by atoms with van der Waals surface area (Å²) in [5.41, 5.74) is -1.18. The third-order valence-corrected chi connectivity index (χ3v) is 2.02. The Hall–Kier alpha value is -2.29. The van der Waals surface area contributed by atoms with E-state index in [4.69, 9.17) is 5.26 Å². The Balaban J connectivity index is 3.43. The van der Waals surface area contributed by atoms with Gasteiger partial charge >= 0.3 is 0 Å². The molecule has 0 atom stereocenters. The molecule has 0 N–H and O–H groups in total. The van der Waals surface area contributed by atoms with Gasteiger partial charge in [0.2, 0.25) is 0 Å². The van der Waals surface area contributed by atoms with Crippen LogP contribution in [0.1, 0.15) is 13.8 Å². The van der Waals surface area contributed by atoms with E-state index in [-0.39, 0.29) is 11.3 Å². The molecule has 0 aliphatic heterocycles. The summed E-state index contributed by atoms with van der Waals surface area (Å²) in [6.07, 6.45) is 3.98. The zero-order chi connectivity index (χ0) is 12.3. The standard InChI is InChI=1S/C10H9N3O3/c1-10(2)4-7(6-11)3-9(13(15)16)8(5-10)12-14/h3-5H,1-2H3. The lowest BCUT2D eigenvalue weighted by atomic mass is 9.91. The van der Waals surface area contributed by atoms with Gasteiger partial charge in [-0.2, -0.15) is 5.26 Å². The monoisotopic (exact) mass is 219 g/mol. The van der Waals surface area contributed by atoms with Gasteiger partial charge in [-0.1, -0.05) is 19.9 Å². The van der Waals surface area contributed by atoms with Crippen LogP contribution in [0.3, 0.4) is 0 Å². The molecule has 16 heavy (non-hydrogen) atoms. The number of allylic oxidation sites excluding steroid dienone is 4. The molecule has 6 nitrogen and oxygen atoms in total. The van der Waals surface area contributed by atoms with Gasteiger partial charge in [0.25, 0.3) is 5.70 Å². The highest BCUT2D eigenvalue weighted by Crippen LogP contribution is 2.30. The first-order valence-corrected chi connectivity index (χ1v) is 4.45. The third kappa shape index (κ3) is 2.39. The lowest BCUT2D eigenvalue weighted by molar-refractivity contribution is -0.420. The fourth-order valence-corrected chi connectivity index (χ4v) is 1.42. The average molecular weight is 219 g/mol. The minimum absolute atomic E-state index is 0.145. The summed E-state index contributed by atoms with van der Waals surface area (Å²) in [5, 5.41) is 22.1. The van der Waals surface area contributed by atoms with Crippen LogP contribution in [0.15, 0.2) is 40.4 Å². The van der Waals surface area contributed by atoms with Gasteiger partial charge in [0.1, 0.15) is 0 Å². The van der Waals surface area contributed by atoms with Gasteiger partial charge < -0.3 is 0 Å². The Morgan fingerprint density at radius 3 is 2.56 bits per heavy atom. The molecule has 0 saturated carbocycles. The molecule has 1 aliphatic rings. The largest absolute Gasteiger partial charge is 0.299 e. The molecular formula is C10H9N3O3. The number of nitrogens with zero attached hydrogens (tertiary/aromatic N) is 3. The van der Waals surface area contributed by atoms with Crippen LogP contribution in [0, 0.1) is 31.8 Å². The second-order valence-corrected chi connectivity index (χ2v) is 3.94. The van der Waals surface area contributed by atoms with Crippen LogP contribution in [0.4, 0.5) is 0 Å². The van der Waals surface area contributed by atoms with Crippen molar-refractivity contribution in [3.05, 3.63) is 50.2 Å². The van der Waals surface area contributed by atoms with Crippen LogP contribution >= 0.6 is 0 Å². The second kappa shape index (κ2) is 4.06. The first kappa shape index (κ1) is 11.8. The van der Waals surface area contributed by atoms with E-state index >= 15 is 0 Å². The number of rotatable bonds is 2. The summed E-state index contributed by atoms with van der Waals surface area (Å²) in [7, 11) is 0. The Morgan fingerprint density at radius 2 is 2.12 bits per heavy atom. The Bertz CT molecular complexity index is 478. The zero-order valence-electron chi connectivity index (χ0n) is 8.80. The van der Waals surface area contributed by atoms with Crippen molar-refractivity contribution in [1.29, 1.82) is 5.26 Å². The molecule has 0 saturated heterocycles. The molecule has 0 aromatic carbocycles. The highest BCUT2D eigenvalue weighted by Gasteiger charge is 2.27. The van der Waals surface area contributed by atoms with E-state index in [1.807, 2.05) is 6.07 Å². The Labute approximate surface area is 91.7 Å². The van der Waals surface area contributed by atoms with Crippen molar-refractivity contribution in [1.82, 2.24) is 0 Å². The van der Waals surface area contributed by atoms with E-state index in [0.717, 1.165) is 6.08 Å².